The van der Waals surface area contributed by atoms with Gasteiger partial charge in [0.25, 0.3) is 5.91 Å². The highest BCUT2D eigenvalue weighted by atomic mass is 16.2. The third kappa shape index (κ3) is 2.64. The SMILES string of the molecule is Cc1cc(N)cc(C(=O)N2CCCc3cc(C)ccc32)c1. The van der Waals surface area contributed by atoms with Crippen LogP contribution in [0.15, 0.2) is 36.4 Å². The van der Waals surface area contributed by atoms with Crippen molar-refractivity contribution >= 4 is 17.3 Å². The molecule has 108 valence electrons. The number of carbonyl (C=O) groups is 1. The van der Waals surface area contributed by atoms with E-state index in [2.05, 4.69) is 25.1 Å². The lowest BCUT2D eigenvalue weighted by atomic mass is 9.98. The molecule has 0 radical (unpaired) electrons. The normalized spacial score (nSPS) is 13.9. The average Bonchev–Trinajstić information content (AvgIpc) is 2.44. The van der Waals surface area contributed by atoms with Crippen LogP contribution in [-0.4, -0.2) is 12.5 Å². The zero-order chi connectivity index (χ0) is 15.0. The number of amides is 1. The number of rotatable bonds is 1. The van der Waals surface area contributed by atoms with Gasteiger partial charge in [-0.15, -0.1) is 0 Å². The molecule has 3 heteroatoms. The Morgan fingerprint density at radius 3 is 2.67 bits per heavy atom. The molecule has 2 aromatic rings. The first kappa shape index (κ1) is 13.7. The van der Waals surface area contributed by atoms with E-state index in [0.717, 1.165) is 30.6 Å². The number of anilines is 2. The molecule has 0 aromatic heterocycles. The second kappa shape index (κ2) is 5.24. The van der Waals surface area contributed by atoms with Crippen molar-refractivity contribution in [3.63, 3.8) is 0 Å². The average molecular weight is 280 g/mol. The van der Waals surface area contributed by atoms with E-state index >= 15 is 0 Å². The summed E-state index contributed by atoms with van der Waals surface area (Å²) in [6.07, 6.45) is 2.04. The summed E-state index contributed by atoms with van der Waals surface area (Å²) >= 11 is 0. The molecule has 0 unspecified atom stereocenters. The lowest BCUT2D eigenvalue weighted by Gasteiger charge is -2.30. The first-order chi connectivity index (χ1) is 10.0. The molecule has 0 atom stereocenters. The molecular formula is C18H20N2O. The predicted molar refractivity (Wildman–Crippen MR) is 86.8 cm³/mol. The molecule has 2 N–H and O–H groups in total. The van der Waals surface area contributed by atoms with Gasteiger partial charge in [-0.25, -0.2) is 0 Å². The molecule has 0 aliphatic carbocycles. The third-order valence-corrected chi connectivity index (χ3v) is 3.95. The van der Waals surface area contributed by atoms with E-state index in [-0.39, 0.29) is 5.91 Å². The van der Waals surface area contributed by atoms with Crippen LogP contribution in [-0.2, 0) is 6.42 Å². The summed E-state index contributed by atoms with van der Waals surface area (Å²) in [4.78, 5) is 14.7. The molecule has 1 amide bonds. The maximum absolute atomic E-state index is 12.8. The van der Waals surface area contributed by atoms with Gasteiger partial charge < -0.3 is 10.6 Å². The molecule has 2 aromatic carbocycles. The van der Waals surface area contributed by atoms with E-state index in [9.17, 15) is 4.79 Å². The van der Waals surface area contributed by atoms with Crippen molar-refractivity contribution in [3.8, 4) is 0 Å². The fourth-order valence-electron chi connectivity index (χ4n) is 3.03. The predicted octanol–water partition coefficient (Wildman–Crippen LogP) is 3.48. The fourth-order valence-corrected chi connectivity index (χ4v) is 3.03. The van der Waals surface area contributed by atoms with Gasteiger partial charge in [-0.2, -0.15) is 0 Å². The van der Waals surface area contributed by atoms with Crippen molar-refractivity contribution < 1.29 is 4.79 Å². The van der Waals surface area contributed by atoms with Crippen LogP contribution < -0.4 is 10.6 Å². The van der Waals surface area contributed by atoms with Gasteiger partial charge in [0.1, 0.15) is 0 Å². The van der Waals surface area contributed by atoms with Crippen LogP contribution in [0.4, 0.5) is 11.4 Å². The van der Waals surface area contributed by atoms with Gasteiger partial charge in [0, 0.05) is 23.5 Å². The number of nitrogens with zero attached hydrogens (tertiary/aromatic N) is 1. The van der Waals surface area contributed by atoms with E-state index in [4.69, 9.17) is 5.73 Å². The Bertz CT molecular complexity index is 686. The number of nitrogen functional groups attached to an aromatic ring is 1. The summed E-state index contributed by atoms with van der Waals surface area (Å²) in [6, 6.07) is 11.8. The van der Waals surface area contributed by atoms with Crippen molar-refractivity contribution in [3.05, 3.63) is 58.7 Å². The highest BCUT2D eigenvalue weighted by Crippen LogP contribution is 2.29. The van der Waals surface area contributed by atoms with Gasteiger partial charge in [0.2, 0.25) is 0 Å². The van der Waals surface area contributed by atoms with Crippen LogP contribution in [0.2, 0.25) is 0 Å². The third-order valence-electron chi connectivity index (χ3n) is 3.95. The smallest absolute Gasteiger partial charge is 0.258 e. The summed E-state index contributed by atoms with van der Waals surface area (Å²) in [6.45, 7) is 4.81. The zero-order valence-electron chi connectivity index (χ0n) is 12.5. The van der Waals surface area contributed by atoms with Gasteiger partial charge in [-0.1, -0.05) is 17.7 Å². The summed E-state index contributed by atoms with van der Waals surface area (Å²) in [5, 5.41) is 0. The number of aryl methyl sites for hydroxylation is 3. The van der Waals surface area contributed by atoms with E-state index < -0.39 is 0 Å². The number of hydrogen-bond acceptors (Lipinski definition) is 2. The Labute approximate surface area is 125 Å². The molecule has 0 bridgehead atoms. The molecule has 1 heterocycles. The lowest BCUT2D eigenvalue weighted by Crippen LogP contribution is -2.35. The minimum Gasteiger partial charge on any atom is -0.399 e. The fraction of sp³-hybridized carbons (Fsp3) is 0.278. The summed E-state index contributed by atoms with van der Waals surface area (Å²) < 4.78 is 0. The molecule has 1 aliphatic heterocycles. The molecule has 0 spiro atoms. The van der Waals surface area contributed by atoms with Crippen LogP contribution in [0.1, 0.15) is 33.5 Å². The van der Waals surface area contributed by atoms with Crippen LogP contribution in [0.25, 0.3) is 0 Å². The Hall–Kier alpha value is -2.29. The summed E-state index contributed by atoms with van der Waals surface area (Å²) in [5.74, 6) is 0.0372. The van der Waals surface area contributed by atoms with E-state index in [1.807, 2.05) is 24.0 Å². The van der Waals surface area contributed by atoms with Crippen molar-refractivity contribution in [2.75, 3.05) is 17.2 Å². The monoisotopic (exact) mass is 280 g/mol. The van der Waals surface area contributed by atoms with Crippen molar-refractivity contribution in [1.82, 2.24) is 0 Å². The molecule has 0 saturated heterocycles. The number of benzene rings is 2. The second-order valence-electron chi connectivity index (χ2n) is 5.82. The zero-order valence-corrected chi connectivity index (χ0v) is 12.5. The van der Waals surface area contributed by atoms with Crippen LogP contribution in [0.5, 0.6) is 0 Å². The summed E-state index contributed by atoms with van der Waals surface area (Å²) in [7, 11) is 0. The molecule has 0 saturated carbocycles. The minimum absolute atomic E-state index is 0.0372. The Kier molecular flexibility index (Phi) is 3.42. The van der Waals surface area contributed by atoms with E-state index in [0.29, 0.717) is 11.3 Å². The van der Waals surface area contributed by atoms with Gasteiger partial charge in [-0.05, 0) is 62.1 Å². The lowest BCUT2D eigenvalue weighted by molar-refractivity contribution is 0.0985. The second-order valence-corrected chi connectivity index (χ2v) is 5.82. The van der Waals surface area contributed by atoms with E-state index in [1.54, 1.807) is 6.07 Å². The van der Waals surface area contributed by atoms with Gasteiger partial charge in [0.15, 0.2) is 0 Å². The Morgan fingerprint density at radius 1 is 1.10 bits per heavy atom. The van der Waals surface area contributed by atoms with Crippen molar-refractivity contribution in [2.45, 2.75) is 26.7 Å². The van der Waals surface area contributed by atoms with Gasteiger partial charge in [0.05, 0.1) is 0 Å². The first-order valence-electron chi connectivity index (χ1n) is 7.33. The maximum atomic E-state index is 12.8. The quantitative estimate of drug-likeness (QED) is 0.813. The standard InChI is InChI=1S/C18H20N2O/c1-12-5-6-17-14(8-12)4-3-7-20(17)18(21)15-9-13(2)10-16(19)11-15/h5-6,8-11H,3-4,7,19H2,1-2H3. The minimum atomic E-state index is 0.0372. The molecular weight excluding hydrogens is 260 g/mol. The van der Waals surface area contributed by atoms with Gasteiger partial charge in [-0.3, -0.25) is 4.79 Å². The van der Waals surface area contributed by atoms with E-state index in [1.165, 1.54) is 11.1 Å². The maximum Gasteiger partial charge on any atom is 0.258 e. The summed E-state index contributed by atoms with van der Waals surface area (Å²) in [5.41, 5.74) is 11.7. The van der Waals surface area contributed by atoms with Crippen LogP contribution in [0, 0.1) is 13.8 Å². The number of fused-ring (bicyclic) bond motifs is 1. The Balaban J connectivity index is 2.00. The highest BCUT2D eigenvalue weighted by Gasteiger charge is 2.23. The van der Waals surface area contributed by atoms with Gasteiger partial charge >= 0.3 is 0 Å². The van der Waals surface area contributed by atoms with Crippen LogP contribution >= 0.6 is 0 Å². The number of hydrogen-bond donors (Lipinski definition) is 1. The first-order valence-corrected chi connectivity index (χ1v) is 7.33. The molecule has 3 nitrogen and oxygen atoms in total. The Morgan fingerprint density at radius 2 is 1.90 bits per heavy atom. The number of carbonyl (C=O) groups excluding carboxylic acids is 1. The molecule has 1 aliphatic rings. The largest absolute Gasteiger partial charge is 0.399 e. The molecule has 3 rings (SSSR count). The molecule has 21 heavy (non-hydrogen) atoms. The van der Waals surface area contributed by atoms with Crippen LogP contribution in [0.3, 0.4) is 0 Å². The number of nitrogens with two attached hydrogens (primary N) is 1. The highest BCUT2D eigenvalue weighted by molar-refractivity contribution is 6.07. The topological polar surface area (TPSA) is 46.3 Å². The van der Waals surface area contributed by atoms with Crippen molar-refractivity contribution in [2.24, 2.45) is 0 Å². The van der Waals surface area contributed by atoms with Crippen molar-refractivity contribution in [1.29, 1.82) is 0 Å². The molecule has 0 fully saturated rings.